The van der Waals surface area contributed by atoms with Gasteiger partial charge in [-0.25, -0.2) is 0 Å². The van der Waals surface area contributed by atoms with Gasteiger partial charge in [0.1, 0.15) is 0 Å². The molecule has 4 heteroatoms. The molecule has 0 radical (unpaired) electrons. The van der Waals surface area contributed by atoms with Gasteiger partial charge in [-0.05, 0) is 40.8 Å². The summed E-state index contributed by atoms with van der Waals surface area (Å²) in [5.74, 6) is 0.794. The van der Waals surface area contributed by atoms with E-state index in [0.29, 0.717) is 17.9 Å². The fourth-order valence-corrected chi connectivity index (χ4v) is 1.38. The van der Waals surface area contributed by atoms with Gasteiger partial charge in [-0.2, -0.15) is 0 Å². The number of carbonyl (C=O) groups is 1. The molecule has 1 aromatic rings. The van der Waals surface area contributed by atoms with Crippen LogP contribution < -0.4 is 9.47 Å². The molecule has 0 saturated carbocycles. The van der Waals surface area contributed by atoms with Crippen molar-refractivity contribution in [3.05, 3.63) is 21.8 Å². The molecule has 0 fully saturated rings. The van der Waals surface area contributed by atoms with Crippen LogP contribution in [0.25, 0.3) is 0 Å². The van der Waals surface area contributed by atoms with Gasteiger partial charge in [0.2, 0.25) is 0 Å². The topological polar surface area (TPSA) is 35.5 Å². The largest absolute Gasteiger partial charge is 0.493 e. The number of benzene rings is 1. The van der Waals surface area contributed by atoms with E-state index in [9.17, 15) is 4.79 Å². The highest BCUT2D eigenvalue weighted by molar-refractivity contribution is 14.1. The maximum Gasteiger partial charge on any atom is 0.311 e. The zero-order chi connectivity index (χ0) is 10.6. The second kappa shape index (κ2) is 5.19. The lowest BCUT2D eigenvalue weighted by Gasteiger charge is -2.08. The highest BCUT2D eigenvalue weighted by Crippen LogP contribution is 2.28. The summed E-state index contributed by atoms with van der Waals surface area (Å²) in [7, 11) is 1.55. The molecule has 76 valence electrons. The molecule has 0 aliphatic heterocycles. The van der Waals surface area contributed by atoms with Crippen LogP contribution in [0.2, 0.25) is 0 Å². The first-order chi connectivity index (χ1) is 6.67. The first-order valence-electron chi connectivity index (χ1n) is 4.21. The van der Waals surface area contributed by atoms with Gasteiger partial charge in [0.25, 0.3) is 0 Å². The summed E-state index contributed by atoms with van der Waals surface area (Å²) in [5.41, 5.74) is 0. The minimum absolute atomic E-state index is 0.260. The third-order valence-electron chi connectivity index (χ3n) is 1.64. The highest BCUT2D eigenvalue weighted by atomic mass is 127. The first-order valence-corrected chi connectivity index (χ1v) is 5.29. The molecular weight excluding hydrogens is 295 g/mol. The van der Waals surface area contributed by atoms with Crippen LogP contribution in [-0.2, 0) is 4.79 Å². The number of hydrogen-bond acceptors (Lipinski definition) is 3. The maximum atomic E-state index is 11.1. The van der Waals surface area contributed by atoms with Crippen LogP contribution in [0.4, 0.5) is 0 Å². The Kier molecular flexibility index (Phi) is 4.19. The fraction of sp³-hybridized carbons (Fsp3) is 0.300. The summed E-state index contributed by atoms with van der Waals surface area (Å²) < 4.78 is 11.2. The average Bonchev–Trinajstić information content (AvgIpc) is 2.20. The number of ether oxygens (including phenoxy) is 2. The number of methoxy groups -OCH3 is 1. The summed E-state index contributed by atoms with van der Waals surface area (Å²) >= 11 is 2.17. The molecule has 14 heavy (non-hydrogen) atoms. The lowest BCUT2D eigenvalue weighted by Crippen LogP contribution is -2.06. The van der Waals surface area contributed by atoms with Gasteiger partial charge in [-0.3, -0.25) is 4.79 Å². The number of carbonyl (C=O) groups excluding carboxylic acids is 1. The van der Waals surface area contributed by atoms with E-state index in [0.717, 1.165) is 3.57 Å². The highest BCUT2D eigenvalue weighted by Gasteiger charge is 2.08. The van der Waals surface area contributed by atoms with Crippen molar-refractivity contribution in [1.82, 2.24) is 0 Å². The summed E-state index contributed by atoms with van der Waals surface area (Å²) in [6, 6.07) is 5.41. The molecule has 0 saturated heterocycles. The third kappa shape index (κ3) is 2.87. The summed E-state index contributed by atoms with van der Waals surface area (Å²) in [6.07, 6.45) is 0.356. The fourth-order valence-electron chi connectivity index (χ4n) is 0.921. The van der Waals surface area contributed by atoms with Crippen LogP contribution in [0.1, 0.15) is 13.3 Å². The molecule has 0 spiro atoms. The predicted molar refractivity (Wildman–Crippen MR) is 61.6 cm³/mol. The molecule has 1 aromatic carbocycles. The van der Waals surface area contributed by atoms with Gasteiger partial charge in [0.15, 0.2) is 11.5 Å². The predicted octanol–water partition coefficient (Wildman–Crippen LogP) is 2.62. The Bertz CT molecular complexity index is 336. The van der Waals surface area contributed by atoms with Gasteiger partial charge in [0, 0.05) is 9.99 Å². The van der Waals surface area contributed by atoms with Gasteiger partial charge < -0.3 is 9.47 Å². The molecule has 0 aliphatic rings. The molecule has 0 heterocycles. The molecule has 0 unspecified atom stereocenters. The molecular formula is C10H11IO3. The van der Waals surface area contributed by atoms with Crippen molar-refractivity contribution in [2.45, 2.75) is 13.3 Å². The molecule has 0 N–H and O–H groups in total. The van der Waals surface area contributed by atoms with Crippen molar-refractivity contribution in [2.24, 2.45) is 0 Å². The summed E-state index contributed by atoms with van der Waals surface area (Å²) in [5, 5.41) is 0. The number of esters is 1. The molecule has 0 amide bonds. The monoisotopic (exact) mass is 306 g/mol. The van der Waals surface area contributed by atoms with E-state index >= 15 is 0 Å². The minimum Gasteiger partial charge on any atom is -0.493 e. The first kappa shape index (κ1) is 11.3. The average molecular weight is 306 g/mol. The lowest BCUT2D eigenvalue weighted by atomic mass is 10.3. The molecule has 0 aromatic heterocycles. The lowest BCUT2D eigenvalue weighted by molar-refractivity contribution is -0.134. The van der Waals surface area contributed by atoms with Crippen LogP contribution in [-0.4, -0.2) is 13.1 Å². The van der Waals surface area contributed by atoms with Gasteiger partial charge in [-0.1, -0.05) is 6.92 Å². The van der Waals surface area contributed by atoms with Gasteiger partial charge in [0.05, 0.1) is 7.11 Å². The Balaban J connectivity index is 2.90. The van der Waals surface area contributed by atoms with Gasteiger partial charge >= 0.3 is 5.97 Å². The summed E-state index contributed by atoms with van der Waals surface area (Å²) in [6.45, 7) is 1.75. The Labute approximate surface area is 96.5 Å². The van der Waals surface area contributed by atoms with E-state index in [-0.39, 0.29) is 5.97 Å². The van der Waals surface area contributed by atoms with Crippen LogP contribution in [0.3, 0.4) is 0 Å². The van der Waals surface area contributed by atoms with Crippen molar-refractivity contribution in [3.63, 3.8) is 0 Å². The minimum atomic E-state index is -0.260. The van der Waals surface area contributed by atoms with E-state index < -0.39 is 0 Å². The zero-order valence-corrected chi connectivity index (χ0v) is 10.2. The van der Waals surface area contributed by atoms with E-state index in [1.165, 1.54) is 0 Å². The van der Waals surface area contributed by atoms with Crippen LogP contribution in [0.15, 0.2) is 18.2 Å². The molecule has 1 rings (SSSR count). The van der Waals surface area contributed by atoms with Crippen molar-refractivity contribution < 1.29 is 14.3 Å². The Morgan fingerprint density at radius 2 is 2.14 bits per heavy atom. The SMILES string of the molecule is CCC(=O)Oc1ccc(I)cc1OC. The van der Waals surface area contributed by atoms with Crippen LogP contribution in [0, 0.1) is 3.57 Å². The van der Waals surface area contributed by atoms with E-state index in [1.54, 1.807) is 20.1 Å². The third-order valence-corrected chi connectivity index (χ3v) is 2.31. The van der Waals surface area contributed by atoms with Crippen LogP contribution in [0.5, 0.6) is 11.5 Å². The Morgan fingerprint density at radius 1 is 1.43 bits per heavy atom. The van der Waals surface area contributed by atoms with Crippen molar-refractivity contribution in [3.8, 4) is 11.5 Å². The molecule has 0 bridgehead atoms. The smallest absolute Gasteiger partial charge is 0.311 e. The van der Waals surface area contributed by atoms with Crippen molar-refractivity contribution in [2.75, 3.05) is 7.11 Å². The van der Waals surface area contributed by atoms with Gasteiger partial charge in [-0.15, -0.1) is 0 Å². The molecule has 0 aliphatic carbocycles. The second-order valence-electron chi connectivity index (χ2n) is 2.62. The number of halogens is 1. The van der Waals surface area contributed by atoms with Crippen LogP contribution >= 0.6 is 22.6 Å². The zero-order valence-electron chi connectivity index (χ0n) is 8.04. The molecule has 3 nitrogen and oxygen atoms in total. The second-order valence-corrected chi connectivity index (χ2v) is 3.87. The molecule has 0 atom stereocenters. The van der Waals surface area contributed by atoms with E-state index in [4.69, 9.17) is 9.47 Å². The van der Waals surface area contributed by atoms with Crippen molar-refractivity contribution in [1.29, 1.82) is 0 Å². The Morgan fingerprint density at radius 3 is 2.71 bits per heavy atom. The summed E-state index contributed by atoms with van der Waals surface area (Å²) in [4.78, 5) is 11.1. The number of hydrogen-bond donors (Lipinski definition) is 0. The normalized spacial score (nSPS) is 9.64. The van der Waals surface area contributed by atoms with Crippen molar-refractivity contribution >= 4 is 28.6 Å². The quantitative estimate of drug-likeness (QED) is 0.489. The van der Waals surface area contributed by atoms with E-state index in [1.807, 2.05) is 12.1 Å². The Hall–Kier alpha value is -0.780. The number of rotatable bonds is 3. The van der Waals surface area contributed by atoms with E-state index in [2.05, 4.69) is 22.6 Å². The maximum absolute atomic E-state index is 11.1. The standard InChI is InChI=1S/C10H11IO3/c1-3-10(12)14-8-5-4-7(11)6-9(8)13-2/h4-6H,3H2,1-2H3.